The number of carbonyl (C=O) groups excluding carboxylic acids is 1. The summed E-state index contributed by atoms with van der Waals surface area (Å²) in [5.74, 6) is 1.28. The van der Waals surface area contributed by atoms with Crippen LogP contribution in [0.25, 0.3) is 10.4 Å². The van der Waals surface area contributed by atoms with Crippen molar-refractivity contribution in [1.29, 1.82) is 0 Å². The molecular formula is C21H22BrN5O2S. The summed E-state index contributed by atoms with van der Waals surface area (Å²) in [5.41, 5.74) is 1.46. The van der Waals surface area contributed by atoms with Crippen molar-refractivity contribution in [3.8, 4) is 16.2 Å². The van der Waals surface area contributed by atoms with Crippen molar-refractivity contribution in [1.82, 2.24) is 19.9 Å². The Morgan fingerprint density at radius 1 is 1.37 bits per heavy atom. The van der Waals surface area contributed by atoms with Gasteiger partial charge in [0.1, 0.15) is 11.4 Å². The highest BCUT2D eigenvalue weighted by atomic mass is 79.9. The number of ether oxygens (including phenoxy) is 1. The molecule has 3 heterocycles. The van der Waals surface area contributed by atoms with Gasteiger partial charge in [-0.1, -0.05) is 12.1 Å². The number of benzene rings is 1. The molecule has 7 nitrogen and oxygen atoms in total. The Morgan fingerprint density at radius 3 is 2.93 bits per heavy atom. The van der Waals surface area contributed by atoms with Gasteiger partial charge < -0.3 is 15.0 Å². The second-order valence-electron chi connectivity index (χ2n) is 7.04. The number of thiazole rings is 1. The summed E-state index contributed by atoms with van der Waals surface area (Å²) in [4.78, 5) is 29.3. The SMILES string of the molecule is COc1cccc(-c2sc(C)nc2C(=O)N2CCC[C@H]2CNc2ncc(Br)cn2)c1. The quantitative estimate of drug-likeness (QED) is 0.554. The highest BCUT2D eigenvalue weighted by molar-refractivity contribution is 9.10. The molecule has 0 saturated carbocycles. The fourth-order valence-electron chi connectivity index (χ4n) is 3.60. The molecule has 0 unspecified atom stereocenters. The lowest BCUT2D eigenvalue weighted by Gasteiger charge is -2.24. The fourth-order valence-corrected chi connectivity index (χ4v) is 4.71. The van der Waals surface area contributed by atoms with E-state index in [4.69, 9.17) is 4.74 Å². The smallest absolute Gasteiger partial charge is 0.274 e. The zero-order chi connectivity index (χ0) is 21.1. The minimum atomic E-state index is -0.0294. The fraction of sp³-hybridized carbons (Fsp3) is 0.333. The van der Waals surface area contributed by atoms with Gasteiger partial charge in [0, 0.05) is 31.5 Å². The van der Waals surface area contributed by atoms with Gasteiger partial charge in [-0.25, -0.2) is 15.0 Å². The van der Waals surface area contributed by atoms with Crippen LogP contribution >= 0.6 is 27.3 Å². The van der Waals surface area contributed by atoms with Gasteiger partial charge >= 0.3 is 0 Å². The molecule has 3 aromatic rings. The summed E-state index contributed by atoms with van der Waals surface area (Å²) in [6, 6.07) is 7.83. The zero-order valence-corrected chi connectivity index (χ0v) is 19.2. The van der Waals surface area contributed by atoms with Gasteiger partial charge in [0.05, 0.1) is 21.5 Å². The first-order chi connectivity index (χ1) is 14.5. The minimum Gasteiger partial charge on any atom is -0.497 e. The monoisotopic (exact) mass is 487 g/mol. The summed E-state index contributed by atoms with van der Waals surface area (Å²) in [6.07, 6.45) is 5.31. The van der Waals surface area contributed by atoms with Crippen LogP contribution in [0.15, 0.2) is 41.1 Å². The third-order valence-electron chi connectivity index (χ3n) is 5.02. The molecule has 0 radical (unpaired) electrons. The standard InChI is InChI=1S/C21H22BrN5O2S/c1-13-26-18(19(30-13)14-5-3-7-17(9-14)29-2)20(28)27-8-4-6-16(27)12-25-21-23-10-15(22)11-24-21/h3,5,7,9-11,16H,4,6,8,12H2,1-2H3,(H,23,24,25)/t16-/m0/s1. The largest absolute Gasteiger partial charge is 0.497 e. The predicted octanol–water partition coefficient (Wildman–Crippen LogP) is 4.40. The number of methoxy groups -OCH3 is 1. The number of rotatable bonds is 6. The Hall–Kier alpha value is -2.52. The summed E-state index contributed by atoms with van der Waals surface area (Å²) in [6.45, 7) is 3.25. The molecule has 1 N–H and O–H groups in total. The molecule has 1 atom stereocenters. The van der Waals surface area contributed by atoms with Gasteiger partial charge in [-0.05, 0) is 53.4 Å². The molecular weight excluding hydrogens is 466 g/mol. The topological polar surface area (TPSA) is 80.2 Å². The average Bonchev–Trinajstić information content (AvgIpc) is 3.39. The number of hydrogen-bond donors (Lipinski definition) is 1. The molecule has 156 valence electrons. The number of aromatic nitrogens is 3. The second kappa shape index (κ2) is 9.09. The van der Waals surface area contributed by atoms with Crippen LogP contribution in [0.3, 0.4) is 0 Å². The molecule has 9 heteroatoms. The molecule has 1 saturated heterocycles. The number of amides is 1. The van der Waals surface area contributed by atoms with Gasteiger partial charge in [-0.15, -0.1) is 11.3 Å². The molecule has 4 rings (SSSR count). The van der Waals surface area contributed by atoms with Crippen molar-refractivity contribution in [2.24, 2.45) is 0 Å². The van der Waals surface area contributed by atoms with E-state index >= 15 is 0 Å². The number of halogens is 1. The predicted molar refractivity (Wildman–Crippen MR) is 121 cm³/mol. The average molecular weight is 488 g/mol. The molecule has 1 aliphatic heterocycles. The van der Waals surface area contributed by atoms with E-state index in [1.807, 2.05) is 36.1 Å². The molecule has 0 aliphatic carbocycles. The van der Waals surface area contributed by atoms with Crippen molar-refractivity contribution >= 4 is 39.1 Å². The van der Waals surface area contributed by atoms with E-state index in [0.29, 0.717) is 18.2 Å². The first kappa shape index (κ1) is 20.7. The molecule has 2 aromatic heterocycles. The number of nitrogens with zero attached hydrogens (tertiary/aromatic N) is 4. The highest BCUT2D eigenvalue weighted by Gasteiger charge is 2.32. The molecule has 1 aromatic carbocycles. The third kappa shape index (κ3) is 4.46. The Balaban J connectivity index is 1.54. The van der Waals surface area contributed by atoms with Gasteiger partial charge in [0.15, 0.2) is 0 Å². The Kier molecular flexibility index (Phi) is 6.29. The van der Waals surface area contributed by atoms with Crippen LogP contribution in [0.5, 0.6) is 5.75 Å². The lowest BCUT2D eigenvalue weighted by molar-refractivity contribution is 0.0739. The number of carbonyl (C=O) groups is 1. The number of likely N-dealkylation sites (tertiary alicyclic amines) is 1. The maximum absolute atomic E-state index is 13.4. The van der Waals surface area contributed by atoms with Crippen molar-refractivity contribution in [3.05, 3.63) is 51.8 Å². The number of anilines is 1. The zero-order valence-electron chi connectivity index (χ0n) is 16.8. The van der Waals surface area contributed by atoms with Gasteiger partial charge in [0.25, 0.3) is 5.91 Å². The summed E-state index contributed by atoms with van der Waals surface area (Å²) >= 11 is 4.87. The lowest BCUT2D eigenvalue weighted by atomic mass is 10.1. The third-order valence-corrected chi connectivity index (χ3v) is 6.45. The number of nitrogens with one attached hydrogen (secondary N) is 1. The van der Waals surface area contributed by atoms with Gasteiger partial charge in [-0.2, -0.15) is 0 Å². The Morgan fingerprint density at radius 2 is 2.17 bits per heavy atom. The summed E-state index contributed by atoms with van der Waals surface area (Å²) in [7, 11) is 1.64. The summed E-state index contributed by atoms with van der Waals surface area (Å²) < 4.78 is 6.18. The van der Waals surface area contributed by atoms with Crippen LogP contribution < -0.4 is 10.1 Å². The maximum Gasteiger partial charge on any atom is 0.274 e. The number of hydrogen-bond acceptors (Lipinski definition) is 7. The molecule has 0 spiro atoms. The normalized spacial score (nSPS) is 16.0. The van der Waals surface area contributed by atoms with E-state index in [0.717, 1.165) is 45.1 Å². The van der Waals surface area contributed by atoms with Crippen molar-refractivity contribution in [2.45, 2.75) is 25.8 Å². The van der Waals surface area contributed by atoms with Crippen LogP contribution in [0.4, 0.5) is 5.95 Å². The Labute approximate surface area is 187 Å². The number of aryl methyl sites for hydroxylation is 1. The van der Waals surface area contributed by atoms with E-state index in [2.05, 4.69) is 36.2 Å². The van der Waals surface area contributed by atoms with Crippen LogP contribution in [-0.4, -0.2) is 52.0 Å². The second-order valence-corrected chi connectivity index (χ2v) is 9.16. The minimum absolute atomic E-state index is 0.0294. The molecule has 0 bridgehead atoms. The maximum atomic E-state index is 13.4. The van der Waals surface area contributed by atoms with E-state index in [1.165, 1.54) is 11.3 Å². The van der Waals surface area contributed by atoms with Crippen LogP contribution in [-0.2, 0) is 0 Å². The van der Waals surface area contributed by atoms with E-state index in [-0.39, 0.29) is 11.9 Å². The van der Waals surface area contributed by atoms with Crippen molar-refractivity contribution < 1.29 is 9.53 Å². The van der Waals surface area contributed by atoms with Gasteiger partial charge in [-0.3, -0.25) is 4.79 Å². The first-order valence-electron chi connectivity index (χ1n) is 9.69. The Bertz CT molecular complexity index is 1040. The van der Waals surface area contributed by atoms with Crippen LogP contribution in [0.1, 0.15) is 28.3 Å². The van der Waals surface area contributed by atoms with Gasteiger partial charge in [0.2, 0.25) is 5.95 Å². The van der Waals surface area contributed by atoms with E-state index in [9.17, 15) is 4.79 Å². The molecule has 1 amide bonds. The van der Waals surface area contributed by atoms with Crippen molar-refractivity contribution in [3.63, 3.8) is 0 Å². The van der Waals surface area contributed by atoms with Crippen LogP contribution in [0.2, 0.25) is 0 Å². The molecule has 1 aliphatic rings. The van der Waals surface area contributed by atoms with Crippen molar-refractivity contribution in [2.75, 3.05) is 25.5 Å². The van der Waals surface area contributed by atoms with E-state index in [1.54, 1.807) is 19.5 Å². The lowest BCUT2D eigenvalue weighted by Crippen LogP contribution is -2.40. The summed E-state index contributed by atoms with van der Waals surface area (Å²) in [5, 5.41) is 4.11. The molecule has 1 fully saturated rings. The first-order valence-corrected chi connectivity index (χ1v) is 11.3. The molecule has 30 heavy (non-hydrogen) atoms. The van der Waals surface area contributed by atoms with Crippen LogP contribution in [0, 0.1) is 6.92 Å². The van der Waals surface area contributed by atoms with E-state index < -0.39 is 0 Å². The highest BCUT2D eigenvalue weighted by Crippen LogP contribution is 2.34.